The number of hydrogen-bond donors (Lipinski definition) is 1. The minimum Gasteiger partial charge on any atom is -0.497 e. The van der Waals surface area contributed by atoms with Gasteiger partial charge in [0.1, 0.15) is 5.75 Å². The standard InChI is InChI=1S/C18H20N2O5S/c1-13(21)14-7-9-17(10-8-14)26(23,24)20(2)12-18(22)19-15-5-4-6-16(11-15)25-3/h4-11H,12H2,1-3H3,(H,19,22). The van der Waals surface area contributed by atoms with Gasteiger partial charge in [0.15, 0.2) is 5.78 Å². The molecule has 8 heteroatoms. The minimum atomic E-state index is -3.85. The number of nitrogens with zero attached hydrogens (tertiary/aromatic N) is 1. The Morgan fingerprint density at radius 1 is 1.12 bits per heavy atom. The van der Waals surface area contributed by atoms with Crippen molar-refractivity contribution in [3.8, 4) is 5.75 Å². The van der Waals surface area contributed by atoms with Gasteiger partial charge in [-0.3, -0.25) is 9.59 Å². The van der Waals surface area contributed by atoms with Gasteiger partial charge >= 0.3 is 0 Å². The van der Waals surface area contributed by atoms with Gasteiger partial charge in [-0.1, -0.05) is 18.2 Å². The fourth-order valence-electron chi connectivity index (χ4n) is 2.23. The van der Waals surface area contributed by atoms with Crippen LogP contribution in [0.3, 0.4) is 0 Å². The van der Waals surface area contributed by atoms with Crippen molar-refractivity contribution in [1.29, 1.82) is 0 Å². The molecule has 0 aliphatic rings. The largest absolute Gasteiger partial charge is 0.497 e. The molecule has 0 fully saturated rings. The molecule has 2 aromatic rings. The lowest BCUT2D eigenvalue weighted by molar-refractivity contribution is -0.116. The second-order valence-electron chi connectivity index (χ2n) is 5.62. The summed E-state index contributed by atoms with van der Waals surface area (Å²) in [5.74, 6) is -0.0565. The summed E-state index contributed by atoms with van der Waals surface area (Å²) in [5, 5.41) is 2.63. The molecule has 0 aliphatic carbocycles. The number of ketones is 1. The fraction of sp³-hybridized carbons (Fsp3) is 0.222. The molecule has 0 aliphatic heterocycles. The van der Waals surface area contributed by atoms with Crippen molar-refractivity contribution >= 4 is 27.4 Å². The van der Waals surface area contributed by atoms with Gasteiger partial charge in [-0.2, -0.15) is 4.31 Å². The van der Waals surface area contributed by atoms with E-state index >= 15 is 0 Å². The highest BCUT2D eigenvalue weighted by molar-refractivity contribution is 7.89. The molecule has 1 N–H and O–H groups in total. The normalized spacial score (nSPS) is 11.2. The molecule has 2 aromatic carbocycles. The van der Waals surface area contributed by atoms with Crippen LogP contribution in [0.4, 0.5) is 5.69 Å². The van der Waals surface area contributed by atoms with Crippen molar-refractivity contribution in [3.05, 3.63) is 54.1 Å². The maximum absolute atomic E-state index is 12.5. The van der Waals surface area contributed by atoms with E-state index in [9.17, 15) is 18.0 Å². The van der Waals surface area contributed by atoms with Crippen molar-refractivity contribution in [1.82, 2.24) is 4.31 Å². The molecule has 1 amide bonds. The second kappa shape index (κ2) is 8.11. The molecule has 0 aromatic heterocycles. The van der Waals surface area contributed by atoms with E-state index < -0.39 is 15.9 Å². The van der Waals surface area contributed by atoms with Crippen molar-refractivity contribution in [3.63, 3.8) is 0 Å². The number of sulfonamides is 1. The van der Waals surface area contributed by atoms with Gasteiger partial charge in [-0.05, 0) is 31.2 Å². The number of Topliss-reactive ketones (excluding diaryl/α,β-unsaturated/α-hetero) is 1. The number of likely N-dealkylation sites (N-methyl/N-ethyl adjacent to an activating group) is 1. The van der Waals surface area contributed by atoms with Crippen LogP contribution in [0.1, 0.15) is 17.3 Å². The monoisotopic (exact) mass is 376 g/mol. The molecule has 138 valence electrons. The third-order valence-electron chi connectivity index (χ3n) is 3.69. The first-order valence-electron chi connectivity index (χ1n) is 7.75. The molecule has 0 radical (unpaired) electrons. The summed E-state index contributed by atoms with van der Waals surface area (Å²) in [7, 11) is -1.01. The van der Waals surface area contributed by atoms with Crippen LogP contribution >= 0.6 is 0 Å². The minimum absolute atomic E-state index is 0.0131. The van der Waals surface area contributed by atoms with E-state index in [-0.39, 0.29) is 17.2 Å². The Bertz CT molecular complexity index is 907. The average molecular weight is 376 g/mol. The quantitative estimate of drug-likeness (QED) is 0.748. The summed E-state index contributed by atoms with van der Waals surface area (Å²) in [6.45, 7) is 1.05. The molecule has 7 nitrogen and oxygen atoms in total. The van der Waals surface area contributed by atoms with Crippen LogP contribution in [-0.4, -0.2) is 45.1 Å². The maximum Gasteiger partial charge on any atom is 0.243 e. The lowest BCUT2D eigenvalue weighted by Crippen LogP contribution is -2.35. The van der Waals surface area contributed by atoms with E-state index in [4.69, 9.17) is 4.74 Å². The third kappa shape index (κ3) is 4.68. The first-order chi connectivity index (χ1) is 12.2. The number of rotatable bonds is 7. The zero-order chi connectivity index (χ0) is 19.3. The van der Waals surface area contributed by atoms with E-state index in [0.29, 0.717) is 17.0 Å². The molecule has 0 bridgehead atoms. The lowest BCUT2D eigenvalue weighted by Gasteiger charge is -2.17. The first kappa shape index (κ1) is 19.6. The number of methoxy groups -OCH3 is 1. The van der Waals surface area contributed by atoms with E-state index in [1.54, 1.807) is 24.3 Å². The molecule has 26 heavy (non-hydrogen) atoms. The summed E-state index contributed by atoms with van der Waals surface area (Å²) in [6, 6.07) is 12.3. The molecular formula is C18H20N2O5S. The van der Waals surface area contributed by atoms with E-state index in [2.05, 4.69) is 5.32 Å². The fourth-order valence-corrected chi connectivity index (χ4v) is 3.36. The summed E-state index contributed by atoms with van der Waals surface area (Å²) >= 11 is 0. The zero-order valence-electron chi connectivity index (χ0n) is 14.7. The Balaban J connectivity index is 2.08. The van der Waals surface area contributed by atoms with Gasteiger partial charge < -0.3 is 10.1 Å². The summed E-state index contributed by atoms with van der Waals surface area (Å²) in [4.78, 5) is 23.4. The predicted molar refractivity (Wildman–Crippen MR) is 97.9 cm³/mol. The van der Waals surface area contributed by atoms with E-state index in [0.717, 1.165) is 4.31 Å². The Kier molecular flexibility index (Phi) is 6.12. The van der Waals surface area contributed by atoms with E-state index in [1.807, 2.05) is 0 Å². The summed E-state index contributed by atoms with van der Waals surface area (Å²) in [6.07, 6.45) is 0. The van der Waals surface area contributed by atoms with Crippen LogP contribution in [0, 0.1) is 0 Å². The second-order valence-corrected chi connectivity index (χ2v) is 7.67. The number of hydrogen-bond acceptors (Lipinski definition) is 5. The van der Waals surface area contributed by atoms with Crippen LogP contribution in [0.2, 0.25) is 0 Å². The highest BCUT2D eigenvalue weighted by Crippen LogP contribution is 2.18. The lowest BCUT2D eigenvalue weighted by atomic mass is 10.2. The van der Waals surface area contributed by atoms with Crippen molar-refractivity contribution in [2.45, 2.75) is 11.8 Å². The van der Waals surface area contributed by atoms with Gasteiger partial charge in [-0.25, -0.2) is 8.42 Å². The third-order valence-corrected chi connectivity index (χ3v) is 5.51. The molecule has 0 saturated carbocycles. The van der Waals surface area contributed by atoms with Crippen molar-refractivity contribution in [2.24, 2.45) is 0 Å². The number of carbonyl (C=O) groups is 2. The number of anilines is 1. The van der Waals surface area contributed by atoms with Gasteiger partial charge in [0.2, 0.25) is 15.9 Å². The topological polar surface area (TPSA) is 92.8 Å². The molecule has 0 saturated heterocycles. The zero-order valence-corrected chi connectivity index (χ0v) is 15.5. The Labute approximate surface area is 152 Å². The van der Waals surface area contributed by atoms with Crippen molar-refractivity contribution < 1.29 is 22.7 Å². The average Bonchev–Trinajstić information content (AvgIpc) is 2.61. The molecule has 0 unspecified atom stereocenters. The van der Waals surface area contributed by atoms with Gasteiger partial charge in [0, 0.05) is 24.4 Å². The molecule has 2 rings (SSSR count). The van der Waals surface area contributed by atoms with Crippen LogP contribution in [0.5, 0.6) is 5.75 Å². The van der Waals surface area contributed by atoms with Crippen LogP contribution < -0.4 is 10.1 Å². The first-order valence-corrected chi connectivity index (χ1v) is 9.19. The summed E-state index contributed by atoms with van der Waals surface area (Å²) < 4.78 is 31.1. The van der Waals surface area contributed by atoms with Crippen LogP contribution in [0.25, 0.3) is 0 Å². The molecule has 0 heterocycles. The van der Waals surface area contributed by atoms with Crippen LogP contribution in [-0.2, 0) is 14.8 Å². The van der Waals surface area contributed by atoms with E-state index in [1.165, 1.54) is 45.3 Å². The van der Waals surface area contributed by atoms with Gasteiger partial charge in [-0.15, -0.1) is 0 Å². The highest BCUT2D eigenvalue weighted by atomic mass is 32.2. The number of ether oxygens (including phenoxy) is 1. The van der Waals surface area contributed by atoms with Gasteiger partial charge in [0.05, 0.1) is 18.6 Å². The molecule has 0 atom stereocenters. The van der Waals surface area contributed by atoms with Crippen LogP contribution in [0.15, 0.2) is 53.4 Å². The Morgan fingerprint density at radius 2 is 1.77 bits per heavy atom. The Morgan fingerprint density at radius 3 is 2.35 bits per heavy atom. The predicted octanol–water partition coefficient (Wildman–Crippen LogP) is 2.16. The molecular weight excluding hydrogens is 356 g/mol. The number of nitrogens with one attached hydrogen (secondary N) is 1. The smallest absolute Gasteiger partial charge is 0.243 e. The number of carbonyl (C=O) groups excluding carboxylic acids is 2. The van der Waals surface area contributed by atoms with Crippen molar-refractivity contribution in [2.75, 3.05) is 26.0 Å². The Hall–Kier alpha value is -2.71. The van der Waals surface area contributed by atoms with Gasteiger partial charge in [0.25, 0.3) is 0 Å². The number of benzene rings is 2. The highest BCUT2D eigenvalue weighted by Gasteiger charge is 2.23. The summed E-state index contributed by atoms with van der Waals surface area (Å²) in [5.41, 5.74) is 0.924. The SMILES string of the molecule is COc1cccc(NC(=O)CN(C)S(=O)(=O)c2ccc(C(C)=O)cc2)c1. The maximum atomic E-state index is 12.5. The molecule has 0 spiro atoms. The number of amides is 1.